The maximum atomic E-state index is 12.8. The molecular formula is C21H31NO3. The molecule has 0 aromatic heterocycles. The first-order valence-electron chi connectivity index (χ1n) is 9.62. The minimum Gasteiger partial charge on any atom is -0.444 e. The van der Waals surface area contributed by atoms with Crippen molar-refractivity contribution in [3.63, 3.8) is 0 Å². The van der Waals surface area contributed by atoms with Crippen molar-refractivity contribution in [2.45, 2.75) is 77.0 Å². The van der Waals surface area contributed by atoms with Crippen molar-refractivity contribution in [3.05, 3.63) is 35.4 Å². The molecule has 3 atom stereocenters. The van der Waals surface area contributed by atoms with E-state index < -0.39 is 11.7 Å². The van der Waals surface area contributed by atoms with Crippen molar-refractivity contribution in [2.24, 2.45) is 5.92 Å². The van der Waals surface area contributed by atoms with Crippen LogP contribution in [0.25, 0.3) is 0 Å². The number of hydrogen-bond acceptors (Lipinski definition) is 3. The van der Waals surface area contributed by atoms with Crippen LogP contribution in [0.4, 0.5) is 4.79 Å². The fraction of sp³-hybridized carbons (Fsp3) is 0.667. The van der Waals surface area contributed by atoms with E-state index in [1.54, 1.807) is 0 Å². The minimum absolute atomic E-state index is 0.0562. The number of benzene rings is 1. The van der Waals surface area contributed by atoms with Gasteiger partial charge in [-0.05, 0) is 57.6 Å². The SMILES string of the molecule is CC(C)(C)OC(=O)N1CCCCCC1C1CCc2ccccc2C1O. The fourth-order valence-corrected chi connectivity index (χ4v) is 4.29. The Bertz CT molecular complexity index is 607. The van der Waals surface area contributed by atoms with Gasteiger partial charge in [0.2, 0.25) is 0 Å². The minimum atomic E-state index is -0.502. The third-order valence-corrected chi connectivity index (χ3v) is 5.45. The number of hydrogen-bond donors (Lipinski definition) is 1. The van der Waals surface area contributed by atoms with Crippen molar-refractivity contribution in [1.82, 2.24) is 4.90 Å². The Morgan fingerprint density at radius 3 is 2.68 bits per heavy atom. The van der Waals surface area contributed by atoms with E-state index in [0.717, 1.165) is 50.6 Å². The summed E-state index contributed by atoms with van der Waals surface area (Å²) in [6, 6.07) is 8.21. The summed E-state index contributed by atoms with van der Waals surface area (Å²) in [6.45, 7) is 6.45. The zero-order chi connectivity index (χ0) is 18.0. The Labute approximate surface area is 151 Å². The highest BCUT2D eigenvalue weighted by Crippen LogP contribution is 2.40. The average molecular weight is 345 g/mol. The molecule has 1 N–H and O–H groups in total. The van der Waals surface area contributed by atoms with Crippen molar-refractivity contribution >= 4 is 6.09 Å². The summed E-state index contributed by atoms with van der Waals surface area (Å²) < 4.78 is 5.66. The lowest BCUT2D eigenvalue weighted by Gasteiger charge is -2.41. The maximum absolute atomic E-state index is 12.8. The van der Waals surface area contributed by atoms with E-state index >= 15 is 0 Å². The average Bonchev–Trinajstić information content (AvgIpc) is 2.80. The molecule has 25 heavy (non-hydrogen) atoms. The summed E-state index contributed by atoms with van der Waals surface area (Å²) in [7, 11) is 0. The first-order chi connectivity index (χ1) is 11.9. The van der Waals surface area contributed by atoms with Crippen LogP contribution in [-0.2, 0) is 11.2 Å². The molecular weight excluding hydrogens is 314 g/mol. The lowest BCUT2D eigenvalue weighted by molar-refractivity contribution is -0.0106. The largest absolute Gasteiger partial charge is 0.444 e. The van der Waals surface area contributed by atoms with Crippen LogP contribution in [0.5, 0.6) is 0 Å². The zero-order valence-corrected chi connectivity index (χ0v) is 15.7. The van der Waals surface area contributed by atoms with Crippen molar-refractivity contribution in [3.8, 4) is 0 Å². The Balaban J connectivity index is 1.83. The number of rotatable bonds is 1. The van der Waals surface area contributed by atoms with Gasteiger partial charge in [0, 0.05) is 18.5 Å². The van der Waals surface area contributed by atoms with Crippen LogP contribution < -0.4 is 0 Å². The Hall–Kier alpha value is -1.55. The van der Waals surface area contributed by atoms with Crippen molar-refractivity contribution in [1.29, 1.82) is 0 Å². The van der Waals surface area contributed by atoms with Crippen LogP contribution in [-0.4, -0.2) is 34.3 Å². The van der Waals surface area contributed by atoms with E-state index in [9.17, 15) is 9.90 Å². The fourth-order valence-electron chi connectivity index (χ4n) is 4.29. The smallest absolute Gasteiger partial charge is 0.410 e. The summed E-state index contributed by atoms with van der Waals surface area (Å²) in [5, 5.41) is 11.0. The zero-order valence-electron chi connectivity index (χ0n) is 15.7. The molecule has 1 saturated heterocycles. The van der Waals surface area contributed by atoms with Crippen LogP contribution in [0.3, 0.4) is 0 Å². The van der Waals surface area contributed by atoms with Gasteiger partial charge in [-0.25, -0.2) is 4.79 Å². The van der Waals surface area contributed by atoms with Crippen LogP contribution in [0.2, 0.25) is 0 Å². The van der Waals surface area contributed by atoms with Gasteiger partial charge >= 0.3 is 6.09 Å². The lowest BCUT2D eigenvalue weighted by Crippen LogP contribution is -2.48. The van der Waals surface area contributed by atoms with E-state index in [2.05, 4.69) is 6.07 Å². The molecule has 0 spiro atoms. The van der Waals surface area contributed by atoms with Gasteiger partial charge in [-0.1, -0.05) is 37.1 Å². The third kappa shape index (κ3) is 4.17. The van der Waals surface area contributed by atoms with E-state index in [4.69, 9.17) is 4.74 Å². The predicted molar refractivity (Wildman–Crippen MR) is 98.4 cm³/mol. The second kappa shape index (κ2) is 7.36. The quantitative estimate of drug-likeness (QED) is 0.817. The summed E-state index contributed by atoms with van der Waals surface area (Å²) in [6.07, 6.45) is 5.35. The third-order valence-electron chi connectivity index (χ3n) is 5.45. The van der Waals surface area contributed by atoms with Gasteiger partial charge in [-0.2, -0.15) is 0 Å². The van der Waals surface area contributed by atoms with Gasteiger partial charge < -0.3 is 14.7 Å². The molecule has 3 unspecified atom stereocenters. The number of ether oxygens (including phenoxy) is 1. The number of amides is 1. The van der Waals surface area contributed by atoms with Gasteiger partial charge in [-0.3, -0.25) is 0 Å². The molecule has 0 saturated carbocycles. The lowest BCUT2D eigenvalue weighted by atomic mass is 9.76. The summed E-state index contributed by atoms with van der Waals surface area (Å²) in [4.78, 5) is 14.7. The molecule has 1 fully saturated rings. The number of fused-ring (bicyclic) bond motifs is 1. The second-order valence-electron chi connectivity index (χ2n) is 8.44. The molecule has 4 heteroatoms. The molecule has 3 rings (SSSR count). The number of carbonyl (C=O) groups excluding carboxylic acids is 1. The van der Waals surface area contributed by atoms with Crippen molar-refractivity contribution in [2.75, 3.05) is 6.54 Å². The highest BCUT2D eigenvalue weighted by molar-refractivity contribution is 5.68. The summed E-state index contributed by atoms with van der Waals surface area (Å²) >= 11 is 0. The highest BCUT2D eigenvalue weighted by Gasteiger charge is 2.39. The maximum Gasteiger partial charge on any atom is 0.410 e. The molecule has 1 aliphatic heterocycles. The molecule has 0 bridgehead atoms. The first kappa shape index (κ1) is 18.2. The Kier molecular flexibility index (Phi) is 5.38. The number of aliphatic hydroxyl groups is 1. The molecule has 1 aromatic carbocycles. The molecule has 0 radical (unpaired) electrons. The van der Waals surface area contributed by atoms with Crippen LogP contribution in [0.15, 0.2) is 24.3 Å². The second-order valence-corrected chi connectivity index (χ2v) is 8.44. The highest BCUT2D eigenvalue weighted by atomic mass is 16.6. The normalized spacial score (nSPS) is 27.4. The first-order valence-corrected chi connectivity index (χ1v) is 9.62. The van der Waals surface area contributed by atoms with Gasteiger partial charge in [0.05, 0.1) is 6.10 Å². The van der Waals surface area contributed by atoms with Gasteiger partial charge in [-0.15, -0.1) is 0 Å². The number of nitrogens with zero attached hydrogens (tertiary/aromatic N) is 1. The topological polar surface area (TPSA) is 49.8 Å². The number of aliphatic hydroxyl groups excluding tert-OH is 1. The van der Waals surface area contributed by atoms with Crippen LogP contribution in [0.1, 0.15) is 70.1 Å². The van der Waals surface area contributed by atoms with E-state index in [0.29, 0.717) is 0 Å². The molecule has 1 aromatic rings. The van der Waals surface area contributed by atoms with E-state index in [-0.39, 0.29) is 18.1 Å². The van der Waals surface area contributed by atoms with Crippen LogP contribution >= 0.6 is 0 Å². The Morgan fingerprint density at radius 2 is 1.92 bits per heavy atom. The summed E-state index contributed by atoms with van der Waals surface area (Å²) in [5.41, 5.74) is 1.78. The molecule has 2 aliphatic rings. The monoisotopic (exact) mass is 345 g/mol. The molecule has 4 nitrogen and oxygen atoms in total. The van der Waals surface area contributed by atoms with Crippen molar-refractivity contribution < 1.29 is 14.6 Å². The Morgan fingerprint density at radius 1 is 1.16 bits per heavy atom. The molecule has 1 heterocycles. The van der Waals surface area contributed by atoms with Gasteiger partial charge in [0.1, 0.15) is 5.60 Å². The van der Waals surface area contributed by atoms with Crippen LogP contribution in [0, 0.1) is 5.92 Å². The molecule has 1 amide bonds. The van der Waals surface area contributed by atoms with Gasteiger partial charge in [0.25, 0.3) is 0 Å². The number of likely N-dealkylation sites (tertiary alicyclic amines) is 1. The van der Waals surface area contributed by atoms with E-state index in [1.165, 1.54) is 5.56 Å². The molecule has 138 valence electrons. The summed E-state index contributed by atoms with van der Waals surface area (Å²) in [5.74, 6) is 0.0838. The standard InChI is InChI=1S/C21H31NO3/c1-21(2,3)25-20(24)22-14-8-4-5-11-18(22)17-13-12-15-9-6-7-10-16(15)19(17)23/h6-7,9-10,17-19,23H,4-5,8,11-14H2,1-3H3. The molecule has 1 aliphatic carbocycles. The predicted octanol–water partition coefficient (Wildman–Crippen LogP) is 4.46. The number of carbonyl (C=O) groups is 1. The van der Waals surface area contributed by atoms with E-state index in [1.807, 2.05) is 43.9 Å². The van der Waals surface area contributed by atoms with Gasteiger partial charge in [0.15, 0.2) is 0 Å². The number of aryl methyl sites for hydroxylation is 1.